The lowest BCUT2D eigenvalue weighted by Crippen LogP contribution is -2.50. The van der Waals surface area contributed by atoms with Crippen molar-refractivity contribution >= 4 is 5.91 Å². The molecule has 3 saturated carbocycles. The monoisotopic (exact) mass is 235 g/mol. The molecular formula is C11H16F3NO. The van der Waals surface area contributed by atoms with Crippen LogP contribution in [0.25, 0.3) is 0 Å². The average molecular weight is 235 g/mol. The van der Waals surface area contributed by atoms with E-state index in [-0.39, 0.29) is 37.0 Å². The van der Waals surface area contributed by atoms with Crippen LogP contribution >= 0.6 is 0 Å². The minimum absolute atomic E-state index is 0.170. The van der Waals surface area contributed by atoms with Crippen LogP contribution in [0.1, 0.15) is 44.9 Å². The first-order valence-electron chi connectivity index (χ1n) is 5.64. The highest BCUT2D eigenvalue weighted by Crippen LogP contribution is 2.63. The zero-order valence-corrected chi connectivity index (χ0v) is 9.07. The van der Waals surface area contributed by atoms with Gasteiger partial charge in [-0.3, -0.25) is 4.79 Å². The first-order valence-corrected chi connectivity index (χ1v) is 5.64. The highest BCUT2D eigenvalue weighted by Gasteiger charge is 2.61. The smallest absolute Gasteiger partial charge is 0.370 e. The Kier molecular flexibility index (Phi) is 2.48. The van der Waals surface area contributed by atoms with E-state index in [1.807, 2.05) is 0 Å². The van der Waals surface area contributed by atoms with E-state index < -0.39 is 11.6 Å². The second-order valence-electron chi connectivity index (χ2n) is 5.42. The predicted molar refractivity (Wildman–Crippen MR) is 52.4 cm³/mol. The van der Waals surface area contributed by atoms with Crippen LogP contribution in [0.4, 0.5) is 13.2 Å². The number of carbonyl (C=O) groups is 1. The van der Waals surface area contributed by atoms with Gasteiger partial charge < -0.3 is 5.73 Å². The van der Waals surface area contributed by atoms with Gasteiger partial charge >= 0.3 is 6.18 Å². The highest BCUT2D eigenvalue weighted by atomic mass is 19.4. The molecular weight excluding hydrogens is 219 g/mol. The lowest BCUT2D eigenvalue weighted by atomic mass is 9.52. The fourth-order valence-electron chi connectivity index (χ4n) is 3.32. The Morgan fingerprint density at radius 2 is 1.50 bits per heavy atom. The molecule has 3 aliphatic carbocycles. The number of amides is 1. The number of alkyl halides is 3. The molecule has 92 valence electrons. The minimum Gasteiger partial charge on any atom is -0.370 e. The normalized spacial score (nSPS) is 38.7. The van der Waals surface area contributed by atoms with Gasteiger partial charge in [-0.25, -0.2) is 0 Å². The molecule has 3 fully saturated rings. The van der Waals surface area contributed by atoms with Crippen molar-refractivity contribution < 1.29 is 18.0 Å². The van der Waals surface area contributed by atoms with Crippen molar-refractivity contribution in [3.8, 4) is 0 Å². The molecule has 2 bridgehead atoms. The summed E-state index contributed by atoms with van der Waals surface area (Å²) in [6, 6.07) is 0. The lowest BCUT2D eigenvalue weighted by molar-refractivity contribution is -0.259. The van der Waals surface area contributed by atoms with Crippen molar-refractivity contribution in [2.75, 3.05) is 0 Å². The molecule has 16 heavy (non-hydrogen) atoms. The Balaban J connectivity index is 2.12. The van der Waals surface area contributed by atoms with Crippen LogP contribution < -0.4 is 5.73 Å². The number of fused-ring (bicyclic) bond motifs is 3. The van der Waals surface area contributed by atoms with E-state index in [0.29, 0.717) is 19.3 Å². The number of hydrogen-bond donors (Lipinski definition) is 1. The number of nitrogens with two attached hydrogens (primary N) is 1. The second-order valence-corrected chi connectivity index (χ2v) is 5.42. The Hall–Kier alpha value is -0.740. The summed E-state index contributed by atoms with van der Waals surface area (Å²) in [5.74, 6) is -0.388. The maximum absolute atomic E-state index is 12.9. The average Bonchev–Trinajstić information content (AvgIpc) is 2.17. The van der Waals surface area contributed by atoms with Gasteiger partial charge in [-0.1, -0.05) is 0 Å². The minimum atomic E-state index is -4.09. The van der Waals surface area contributed by atoms with Crippen LogP contribution in [-0.2, 0) is 4.79 Å². The Bertz CT molecular complexity index is 286. The maximum Gasteiger partial charge on any atom is 0.394 e. The van der Waals surface area contributed by atoms with Crippen molar-refractivity contribution in [3.05, 3.63) is 0 Å². The molecule has 0 heterocycles. The Labute approximate surface area is 92.4 Å². The van der Waals surface area contributed by atoms with Crippen molar-refractivity contribution in [1.29, 1.82) is 0 Å². The fraction of sp³-hybridized carbons (Fsp3) is 0.909. The molecule has 5 heteroatoms. The predicted octanol–water partition coefficient (Wildman–Crippen LogP) is 2.76. The lowest BCUT2D eigenvalue weighted by Gasteiger charge is -2.53. The van der Waals surface area contributed by atoms with Crippen LogP contribution in [0.5, 0.6) is 0 Å². The Morgan fingerprint density at radius 3 is 1.81 bits per heavy atom. The van der Waals surface area contributed by atoms with Gasteiger partial charge in [0, 0.05) is 6.42 Å². The largest absolute Gasteiger partial charge is 0.394 e. The van der Waals surface area contributed by atoms with E-state index >= 15 is 0 Å². The number of hydrogen-bond acceptors (Lipinski definition) is 1. The van der Waals surface area contributed by atoms with Crippen LogP contribution in [0.15, 0.2) is 0 Å². The van der Waals surface area contributed by atoms with E-state index in [9.17, 15) is 18.0 Å². The zero-order chi connectivity index (χ0) is 12.0. The zero-order valence-electron chi connectivity index (χ0n) is 9.07. The van der Waals surface area contributed by atoms with E-state index in [2.05, 4.69) is 0 Å². The van der Waals surface area contributed by atoms with Crippen molar-refractivity contribution in [3.63, 3.8) is 0 Å². The molecule has 3 rings (SSSR count). The van der Waals surface area contributed by atoms with Crippen LogP contribution in [-0.4, -0.2) is 12.1 Å². The third-order valence-electron chi connectivity index (χ3n) is 4.55. The summed E-state index contributed by atoms with van der Waals surface area (Å²) in [5, 5.41) is 0. The topological polar surface area (TPSA) is 43.1 Å². The fourth-order valence-corrected chi connectivity index (χ4v) is 3.32. The summed E-state index contributed by atoms with van der Waals surface area (Å²) in [7, 11) is 0. The molecule has 0 aromatic heterocycles. The molecule has 1 amide bonds. The summed E-state index contributed by atoms with van der Waals surface area (Å²) in [6.07, 6.45) is -1.84. The van der Waals surface area contributed by atoms with Crippen molar-refractivity contribution in [2.24, 2.45) is 16.6 Å². The first-order chi connectivity index (χ1) is 7.29. The van der Waals surface area contributed by atoms with Crippen molar-refractivity contribution in [2.45, 2.75) is 51.1 Å². The molecule has 2 N–H and O–H groups in total. The van der Waals surface area contributed by atoms with Crippen molar-refractivity contribution in [1.82, 2.24) is 0 Å². The maximum atomic E-state index is 12.9. The number of halogens is 3. The van der Waals surface area contributed by atoms with Gasteiger partial charge in [0.15, 0.2) is 0 Å². The second kappa shape index (κ2) is 3.37. The van der Waals surface area contributed by atoms with Gasteiger partial charge in [-0.2, -0.15) is 13.2 Å². The molecule has 0 aliphatic heterocycles. The molecule has 0 saturated heterocycles. The molecule has 0 unspecified atom stereocenters. The SMILES string of the molecule is NC(=O)CC12CCC(C(F)(F)F)(CC1)CC2. The molecule has 0 atom stereocenters. The van der Waals surface area contributed by atoms with Gasteiger partial charge in [0.25, 0.3) is 0 Å². The summed E-state index contributed by atoms with van der Waals surface area (Å²) < 4.78 is 38.8. The number of primary amides is 1. The van der Waals surface area contributed by atoms with Crippen LogP contribution in [0.3, 0.4) is 0 Å². The van der Waals surface area contributed by atoms with E-state index in [1.54, 1.807) is 0 Å². The van der Waals surface area contributed by atoms with E-state index in [0.717, 1.165) is 0 Å². The standard InChI is InChI=1S/C11H16F3NO/c12-11(13,14)10-4-1-9(2-5-10,3-6-10)7-8(15)16/h1-7H2,(H2,15,16). The molecule has 3 aliphatic rings. The van der Waals surface area contributed by atoms with Gasteiger partial charge in [0.2, 0.25) is 5.91 Å². The third kappa shape index (κ3) is 1.70. The van der Waals surface area contributed by atoms with Crippen LogP contribution in [0, 0.1) is 10.8 Å². The first kappa shape index (κ1) is 11.7. The van der Waals surface area contributed by atoms with Gasteiger partial charge in [-0.05, 0) is 43.9 Å². The number of rotatable bonds is 2. The molecule has 2 nitrogen and oxygen atoms in total. The van der Waals surface area contributed by atoms with E-state index in [4.69, 9.17) is 5.73 Å². The molecule has 0 spiro atoms. The van der Waals surface area contributed by atoms with Gasteiger partial charge in [0.05, 0.1) is 5.41 Å². The number of carbonyl (C=O) groups excluding carboxylic acids is 1. The molecule has 0 aromatic rings. The highest BCUT2D eigenvalue weighted by molar-refractivity contribution is 5.74. The van der Waals surface area contributed by atoms with Gasteiger partial charge in [0.1, 0.15) is 0 Å². The van der Waals surface area contributed by atoms with Crippen LogP contribution in [0.2, 0.25) is 0 Å². The molecule has 0 aromatic carbocycles. The molecule has 0 radical (unpaired) electrons. The summed E-state index contributed by atoms with van der Waals surface area (Å²) >= 11 is 0. The summed E-state index contributed by atoms with van der Waals surface area (Å²) in [6.45, 7) is 0. The van der Waals surface area contributed by atoms with E-state index in [1.165, 1.54) is 0 Å². The third-order valence-corrected chi connectivity index (χ3v) is 4.55. The quantitative estimate of drug-likeness (QED) is 0.785. The summed E-state index contributed by atoms with van der Waals surface area (Å²) in [5.41, 5.74) is 3.47. The van der Waals surface area contributed by atoms with Gasteiger partial charge in [-0.15, -0.1) is 0 Å². The Morgan fingerprint density at radius 1 is 1.06 bits per heavy atom. The summed E-state index contributed by atoms with van der Waals surface area (Å²) in [4.78, 5) is 10.9.